The summed E-state index contributed by atoms with van der Waals surface area (Å²) in [6, 6.07) is 66.6. The van der Waals surface area contributed by atoms with Crippen molar-refractivity contribution in [2.75, 3.05) is 0 Å². The number of pyridine rings is 1. The number of fused-ring (bicyclic) bond motifs is 4. The Bertz CT molecular complexity index is 3290. The van der Waals surface area contributed by atoms with Gasteiger partial charge in [-0.15, -0.1) is 40.3 Å². The zero-order valence-corrected chi connectivity index (χ0v) is 42.0. The van der Waals surface area contributed by atoms with Crippen LogP contribution in [0.2, 0.25) is 19.6 Å². The summed E-state index contributed by atoms with van der Waals surface area (Å²) in [5, 5.41) is 3.79. The van der Waals surface area contributed by atoms with Gasteiger partial charge in [0.1, 0.15) is 5.82 Å². The third-order valence-corrected chi connectivity index (χ3v) is 14.7. The Kier molecular flexibility index (Phi) is 11.3. The number of rotatable bonds is 7. The molecule has 0 aliphatic heterocycles. The second-order valence-corrected chi connectivity index (χ2v) is 25.3. The van der Waals surface area contributed by atoms with Gasteiger partial charge in [0, 0.05) is 22.3 Å². The fraction of sp³-hybridized carbons (Fsp3) is 0.186. The Morgan fingerprint density at radius 1 is 0.538 bits per heavy atom. The van der Waals surface area contributed by atoms with Gasteiger partial charge in [-0.05, 0) is 69.3 Å². The standard InChI is InChI=1S/C59H54N4Si.Pt/c1-58(2,3)43-35-42(36-44(38-43)59(4,5)6)57-61-56-48(50-24-18-28-55(60-50)62-51-25-15-13-21-46(51)47-22-14-16-26-52(47)62)23-17-27-54(56)63(57)53-34-31-41(37-49(53)40-19-11-10-12-20-40)39-29-32-45(33-30-39)64(7,8)9;/h10-25,27-35,37-38H,1-9H3;/q-2;+2. The van der Waals surface area contributed by atoms with E-state index in [-0.39, 0.29) is 31.9 Å². The fourth-order valence-electron chi connectivity index (χ4n) is 8.96. The summed E-state index contributed by atoms with van der Waals surface area (Å²) in [6.45, 7) is 20.9. The zero-order chi connectivity index (χ0) is 44.5. The van der Waals surface area contributed by atoms with Crippen LogP contribution in [-0.4, -0.2) is 27.2 Å². The molecule has 0 spiro atoms. The zero-order valence-electron chi connectivity index (χ0n) is 38.7. The van der Waals surface area contributed by atoms with Gasteiger partial charge in [-0.2, -0.15) is 24.3 Å². The first kappa shape index (κ1) is 44.1. The summed E-state index contributed by atoms with van der Waals surface area (Å²) in [6.07, 6.45) is 0. The largest absolute Gasteiger partial charge is 2.00 e. The first-order chi connectivity index (χ1) is 30.6. The quantitative estimate of drug-likeness (QED) is 0.118. The number of aromatic nitrogens is 4. The second-order valence-electron chi connectivity index (χ2n) is 20.2. The van der Waals surface area contributed by atoms with Gasteiger partial charge in [-0.3, -0.25) is 4.98 Å². The van der Waals surface area contributed by atoms with Crippen LogP contribution in [0.25, 0.3) is 89.2 Å². The summed E-state index contributed by atoms with van der Waals surface area (Å²) in [5.74, 6) is 1.68. The van der Waals surface area contributed by atoms with Crippen LogP contribution in [0.15, 0.2) is 164 Å². The van der Waals surface area contributed by atoms with Gasteiger partial charge in [0.2, 0.25) is 0 Å². The molecule has 6 heteroatoms. The van der Waals surface area contributed by atoms with Crippen molar-refractivity contribution in [3.8, 4) is 56.4 Å². The van der Waals surface area contributed by atoms with Gasteiger partial charge < -0.3 is 9.13 Å². The SMILES string of the molecule is CC(C)(C)c1[c-]c(-c2nc3c(-c4cccc(-n5c6[c-]cccc6c6ccccc65)n4)cccc3n2-c2ccc(-c3ccc([Si](C)(C)C)cc3)cc2-c2ccccc2)cc(C(C)(C)C)c1.[Pt+2]. The normalized spacial score (nSPS) is 12.3. The molecule has 0 fully saturated rings. The van der Waals surface area contributed by atoms with E-state index in [0.29, 0.717) is 0 Å². The number of imidazole rings is 1. The van der Waals surface area contributed by atoms with Crippen LogP contribution in [0, 0.1) is 12.1 Å². The van der Waals surface area contributed by atoms with Crippen LogP contribution >= 0.6 is 0 Å². The molecule has 0 unspecified atom stereocenters. The molecule has 0 aliphatic carbocycles. The van der Waals surface area contributed by atoms with Crippen LogP contribution in [0.3, 0.4) is 0 Å². The summed E-state index contributed by atoms with van der Waals surface area (Å²) in [5.41, 5.74) is 14.7. The minimum atomic E-state index is -1.45. The minimum Gasteiger partial charge on any atom is -0.333 e. The predicted molar refractivity (Wildman–Crippen MR) is 273 cm³/mol. The maximum atomic E-state index is 5.70. The van der Waals surface area contributed by atoms with Gasteiger partial charge in [-0.25, -0.2) is 4.98 Å². The smallest absolute Gasteiger partial charge is 0.333 e. The Labute approximate surface area is 399 Å². The molecule has 65 heavy (non-hydrogen) atoms. The van der Waals surface area contributed by atoms with Crippen LogP contribution in [0.5, 0.6) is 0 Å². The average Bonchev–Trinajstić information content (AvgIpc) is 3.85. The molecule has 324 valence electrons. The van der Waals surface area contributed by atoms with E-state index < -0.39 is 8.07 Å². The fourth-order valence-corrected chi connectivity index (χ4v) is 10.1. The van der Waals surface area contributed by atoms with Crippen LogP contribution in [-0.2, 0) is 31.9 Å². The van der Waals surface area contributed by atoms with Gasteiger partial charge in [0.15, 0.2) is 0 Å². The number of para-hydroxylation sites is 3. The summed E-state index contributed by atoms with van der Waals surface area (Å²) in [4.78, 5) is 11.1. The number of hydrogen-bond acceptors (Lipinski definition) is 2. The van der Waals surface area contributed by atoms with Crippen molar-refractivity contribution in [3.05, 3.63) is 187 Å². The Hall–Kier alpha value is -6.13. The molecule has 0 bridgehead atoms. The van der Waals surface area contributed by atoms with Gasteiger partial charge >= 0.3 is 21.1 Å². The van der Waals surface area contributed by atoms with Gasteiger partial charge in [0.25, 0.3) is 0 Å². The molecule has 7 aromatic carbocycles. The van der Waals surface area contributed by atoms with E-state index in [9.17, 15) is 0 Å². The van der Waals surface area contributed by atoms with Crippen molar-refractivity contribution in [1.29, 1.82) is 0 Å². The third-order valence-electron chi connectivity index (χ3n) is 12.6. The van der Waals surface area contributed by atoms with Crippen LogP contribution < -0.4 is 5.19 Å². The summed E-state index contributed by atoms with van der Waals surface area (Å²) in [7, 11) is -1.45. The predicted octanol–water partition coefficient (Wildman–Crippen LogP) is 14.9. The molecule has 0 aliphatic rings. The summed E-state index contributed by atoms with van der Waals surface area (Å²) >= 11 is 0. The van der Waals surface area contributed by atoms with E-state index in [1.807, 2.05) is 6.07 Å². The maximum absolute atomic E-state index is 5.70. The Morgan fingerprint density at radius 3 is 1.97 bits per heavy atom. The summed E-state index contributed by atoms with van der Waals surface area (Å²) < 4.78 is 4.60. The van der Waals surface area contributed by atoms with Crippen LogP contribution in [0.4, 0.5) is 0 Å². The topological polar surface area (TPSA) is 35.6 Å². The second kappa shape index (κ2) is 16.7. The first-order valence-corrected chi connectivity index (χ1v) is 25.9. The van der Waals surface area contributed by atoms with Crippen molar-refractivity contribution in [2.24, 2.45) is 0 Å². The molecule has 0 saturated carbocycles. The Morgan fingerprint density at radius 2 is 1.23 bits per heavy atom. The third kappa shape index (κ3) is 8.15. The molecule has 10 rings (SSSR count). The maximum Gasteiger partial charge on any atom is 2.00 e. The molecular formula is C59H54N4PtSi. The monoisotopic (exact) mass is 1040 g/mol. The molecule has 0 atom stereocenters. The molecule has 0 radical (unpaired) electrons. The van der Waals surface area contributed by atoms with E-state index in [1.54, 1.807) is 0 Å². The Balaban J connectivity index is 0.00000533. The molecule has 0 saturated heterocycles. The molecule has 3 heterocycles. The van der Waals surface area contributed by atoms with Crippen molar-refractivity contribution in [2.45, 2.75) is 72.0 Å². The molecule has 0 amide bonds. The van der Waals surface area contributed by atoms with E-state index in [4.69, 9.17) is 9.97 Å². The minimum absolute atomic E-state index is 0. The van der Waals surface area contributed by atoms with Crippen molar-refractivity contribution < 1.29 is 21.1 Å². The number of benzene rings is 7. The van der Waals surface area contributed by atoms with Crippen molar-refractivity contribution in [3.63, 3.8) is 0 Å². The van der Waals surface area contributed by atoms with E-state index in [0.717, 1.165) is 78.3 Å². The van der Waals surface area contributed by atoms with Gasteiger partial charge in [0.05, 0.1) is 30.6 Å². The van der Waals surface area contributed by atoms with E-state index in [2.05, 4.69) is 240 Å². The number of nitrogens with zero attached hydrogens (tertiary/aromatic N) is 4. The molecule has 4 nitrogen and oxygen atoms in total. The molecule has 0 N–H and O–H groups in total. The van der Waals surface area contributed by atoms with Crippen molar-refractivity contribution >= 4 is 46.1 Å². The van der Waals surface area contributed by atoms with Gasteiger partial charge in [-0.1, -0.05) is 169 Å². The van der Waals surface area contributed by atoms with Crippen molar-refractivity contribution in [1.82, 2.24) is 19.1 Å². The number of hydrogen-bond donors (Lipinski definition) is 0. The van der Waals surface area contributed by atoms with Crippen LogP contribution in [0.1, 0.15) is 52.7 Å². The molecule has 3 aromatic heterocycles. The van der Waals surface area contributed by atoms with E-state index in [1.165, 1.54) is 27.3 Å². The molecular weight excluding hydrogens is 988 g/mol. The first-order valence-electron chi connectivity index (χ1n) is 22.4. The van der Waals surface area contributed by atoms with E-state index >= 15 is 0 Å². The molecule has 10 aromatic rings. The average molecular weight is 1040 g/mol.